The van der Waals surface area contributed by atoms with Gasteiger partial charge in [0, 0.05) is 18.5 Å². The monoisotopic (exact) mass is 422 g/mol. The van der Waals surface area contributed by atoms with E-state index in [0.717, 1.165) is 22.3 Å². The summed E-state index contributed by atoms with van der Waals surface area (Å²) in [5, 5.41) is 11.8. The molecule has 0 aromatic heterocycles. The standard InChI is InChI=1S/C24H26N2O5/c1-15-16(23(28)29)11-6-12-26(15)22(27)13-25-24(30)31-14-21-19-9-4-2-7-17(19)18-8-3-5-10-20(18)21/h2-5,7-10,15-16,21H,6,11-14H2,1H3,(H,25,30)(H,28,29). The Bertz CT molecular complexity index is 959. The molecule has 162 valence electrons. The maximum atomic E-state index is 12.5. The third kappa shape index (κ3) is 4.13. The first-order chi connectivity index (χ1) is 15.0. The van der Waals surface area contributed by atoms with Crippen LogP contribution in [-0.2, 0) is 14.3 Å². The second kappa shape index (κ2) is 8.79. The van der Waals surface area contributed by atoms with Crippen molar-refractivity contribution >= 4 is 18.0 Å². The van der Waals surface area contributed by atoms with Gasteiger partial charge in [0.25, 0.3) is 0 Å². The number of nitrogens with one attached hydrogen (secondary N) is 1. The summed E-state index contributed by atoms with van der Waals surface area (Å²) in [6, 6.07) is 15.8. The highest BCUT2D eigenvalue weighted by atomic mass is 16.5. The van der Waals surface area contributed by atoms with Crippen LogP contribution < -0.4 is 5.32 Å². The number of piperidine rings is 1. The quantitative estimate of drug-likeness (QED) is 0.771. The number of alkyl carbamates (subject to hydrolysis) is 1. The number of nitrogens with zero attached hydrogens (tertiary/aromatic N) is 1. The number of carbonyl (C=O) groups excluding carboxylic acids is 2. The number of rotatable bonds is 5. The number of carboxylic acids is 1. The predicted octanol–water partition coefficient (Wildman–Crippen LogP) is 3.24. The summed E-state index contributed by atoms with van der Waals surface area (Å²) in [4.78, 5) is 37.7. The average Bonchev–Trinajstić information content (AvgIpc) is 3.10. The van der Waals surface area contributed by atoms with Crippen LogP contribution in [-0.4, -0.2) is 53.7 Å². The fraction of sp³-hybridized carbons (Fsp3) is 0.375. The highest BCUT2D eigenvalue weighted by Crippen LogP contribution is 2.44. The average molecular weight is 422 g/mol. The fourth-order valence-electron chi connectivity index (χ4n) is 4.72. The van der Waals surface area contributed by atoms with Crippen molar-refractivity contribution in [3.63, 3.8) is 0 Å². The number of fused-ring (bicyclic) bond motifs is 3. The van der Waals surface area contributed by atoms with E-state index in [1.54, 1.807) is 6.92 Å². The molecule has 31 heavy (non-hydrogen) atoms. The number of benzene rings is 2. The van der Waals surface area contributed by atoms with Gasteiger partial charge < -0.3 is 20.1 Å². The number of amides is 2. The second-order valence-corrected chi connectivity index (χ2v) is 8.09. The van der Waals surface area contributed by atoms with Crippen molar-refractivity contribution in [3.05, 3.63) is 59.7 Å². The van der Waals surface area contributed by atoms with Gasteiger partial charge in [0.05, 0.1) is 5.92 Å². The van der Waals surface area contributed by atoms with Gasteiger partial charge in [-0.3, -0.25) is 9.59 Å². The third-order valence-corrected chi connectivity index (χ3v) is 6.35. The SMILES string of the molecule is CC1C(C(=O)O)CCCN1C(=O)CNC(=O)OCC1c2ccccc2-c2ccccc21. The van der Waals surface area contributed by atoms with Crippen molar-refractivity contribution in [2.24, 2.45) is 5.92 Å². The highest BCUT2D eigenvalue weighted by Gasteiger charge is 2.35. The van der Waals surface area contributed by atoms with Gasteiger partial charge in [0.1, 0.15) is 13.2 Å². The summed E-state index contributed by atoms with van der Waals surface area (Å²) in [6.45, 7) is 2.20. The van der Waals surface area contributed by atoms with Gasteiger partial charge in [0.2, 0.25) is 5.91 Å². The van der Waals surface area contributed by atoms with Gasteiger partial charge in [-0.1, -0.05) is 48.5 Å². The molecule has 0 radical (unpaired) electrons. The van der Waals surface area contributed by atoms with Crippen molar-refractivity contribution in [1.29, 1.82) is 0 Å². The van der Waals surface area contributed by atoms with Crippen LogP contribution in [0.3, 0.4) is 0 Å². The Morgan fingerprint density at radius 2 is 1.68 bits per heavy atom. The molecule has 1 aliphatic heterocycles. The summed E-state index contributed by atoms with van der Waals surface area (Å²) in [5.74, 6) is -1.82. The number of carbonyl (C=O) groups is 3. The maximum absolute atomic E-state index is 12.5. The lowest BCUT2D eigenvalue weighted by atomic mass is 9.90. The van der Waals surface area contributed by atoms with Gasteiger partial charge in [-0.2, -0.15) is 0 Å². The molecule has 2 aromatic rings. The van der Waals surface area contributed by atoms with Gasteiger partial charge in [-0.05, 0) is 42.0 Å². The first kappa shape index (κ1) is 20.9. The number of carboxylic acid groups (broad SMARTS) is 1. The molecule has 2 N–H and O–H groups in total. The highest BCUT2D eigenvalue weighted by molar-refractivity contribution is 5.84. The summed E-state index contributed by atoms with van der Waals surface area (Å²) in [5.41, 5.74) is 4.53. The molecule has 1 saturated heterocycles. The first-order valence-corrected chi connectivity index (χ1v) is 10.6. The molecule has 2 aromatic carbocycles. The Labute approximate surface area is 181 Å². The van der Waals surface area contributed by atoms with Crippen LogP contribution in [0.4, 0.5) is 4.79 Å². The van der Waals surface area contributed by atoms with Gasteiger partial charge in [0.15, 0.2) is 0 Å². The van der Waals surface area contributed by atoms with Crippen molar-refractivity contribution in [2.75, 3.05) is 19.7 Å². The van der Waals surface area contributed by atoms with Crippen molar-refractivity contribution in [1.82, 2.24) is 10.2 Å². The van der Waals surface area contributed by atoms with Gasteiger partial charge in [-0.25, -0.2) is 4.79 Å². The molecule has 2 aliphatic rings. The van der Waals surface area contributed by atoms with E-state index < -0.39 is 24.0 Å². The number of hydrogen-bond acceptors (Lipinski definition) is 4. The zero-order chi connectivity index (χ0) is 22.0. The number of hydrogen-bond donors (Lipinski definition) is 2. The molecular formula is C24H26N2O5. The van der Waals surface area contributed by atoms with Crippen LogP contribution >= 0.6 is 0 Å². The van der Waals surface area contributed by atoms with Crippen LogP contribution in [0.15, 0.2) is 48.5 Å². The van der Waals surface area contributed by atoms with E-state index in [9.17, 15) is 19.5 Å². The van der Waals surface area contributed by atoms with Crippen LogP contribution in [0.5, 0.6) is 0 Å². The normalized spacial score (nSPS) is 20.0. The molecular weight excluding hydrogens is 396 g/mol. The summed E-state index contributed by atoms with van der Waals surface area (Å²) in [6.07, 6.45) is 0.535. The zero-order valence-corrected chi connectivity index (χ0v) is 17.4. The molecule has 2 amide bonds. The molecule has 4 rings (SSSR count). The molecule has 7 heteroatoms. The molecule has 1 heterocycles. The lowest BCUT2D eigenvalue weighted by Gasteiger charge is -2.37. The number of likely N-dealkylation sites (tertiary alicyclic amines) is 1. The largest absolute Gasteiger partial charge is 0.481 e. The summed E-state index contributed by atoms with van der Waals surface area (Å²) < 4.78 is 5.45. The van der Waals surface area contributed by atoms with Crippen LogP contribution in [0.1, 0.15) is 36.8 Å². The minimum absolute atomic E-state index is 0.0488. The molecule has 1 fully saturated rings. The van der Waals surface area contributed by atoms with Gasteiger partial charge in [-0.15, -0.1) is 0 Å². The minimum Gasteiger partial charge on any atom is -0.481 e. The lowest BCUT2D eigenvalue weighted by Crippen LogP contribution is -2.52. The van der Waals surface area contributed by atoms with E-state index in [-0.39, 0.29) is 25.0 Å². The van der Waals surface area contributed by atoms with E-state index in [4.69, 9.17) is 4.74 Å². The molecule has 0 spiro atoms. The lowest BCUT2D eigenvalue weighted by molar-refractivity contribution is -0.148. The molecule has 2 atom stereocenters. The van der Waals surface area contributed by atoms with E-state index >= 15 is 0 Å². The second-order valence-electron chi connectivity index (χ2n) is 8.09. The molecule has 2 unspecified atom stereocenters. The Morgan fingerprint density at radius 3 is 2.29 bits per heavy atom. The zero-order valence-electron chi connectivity index (χ0n) is 17.4. The summed E-state index contributed by atoms with van der Waals surface area (Å²) in [7, 11) is 0. The van der Waals surface area contributed by atoms with Crippen molar-refractivity contribution in [3.8, 4) is 11.1 Å². The molecule has 0 saturated carbocycles. The Hall–Kier alpha value is -3.35. The number of ether oxygens (including phenoxy) is 1. The van der Waals surface area contributed by atoms with E-state index in [1.165, 1.54) is 4.90 Å². The smallest absolute Gasteiger partial charge is 0.407 e. The Balaban J connectivity index is 1.33. The van der Waals surface area contributed by atoms with E-state index in [1.807, 2.05) is 36.4 Å². The minimum atomic E-state index is -0.894. The fourth-order valence-corrected chi connectivity index (χ4v) is 4.72. The Kier molecular flexibility index (Phi) is 5.93. The topological polar surface area (TPSA) is 95.9 Å². The van der Waals surface area contributed by atoms with E-state index in [2.05, 4.69) is 17.4 Å². The molecule has 0 bridgehead atoms. The maximum Gasteiger partial charge on any atom is 0.407 e. The van der Waals surface area contributed by atoms with Crippen molar-refractivity contribution in [2.45, 2.75) is 31.7 Å². The van der Waals surface area contributed by atoms with Crippen LogP contribution in [0, 0.1) is 5.92 Å². The Morgan fingerprint density at radius 1 is 1.06 bits per heavy atom. The predicted molar refractivity (Wildman–Crippen MR) is 115 cm³/mol. The van der Waals surface area contributed by atoms with Crippen molar-refractivity contribution < 1.29 is 24.2 Å². The third-order valence-electron chi connectivity index (χ3n) is 6.35. The van der Waals surface area contributed by atoms with E-state index in [0.29, 0.717) is 19.4 Å². The van der Waals surface area contributed by atoms with Crippen LogP contribution in [0.2, 0.25) is 0 Å². The number of aliphatic carboxylic acids is 1. The summed E-state index contributed by atoms with van der Waals surface area (Å²) >= 11 is 0. The molecule has 1 aliphatic carbocycles. The van der Waals surface area contributed by atoms with Gasteiger partial charge >= 0.3 is 12.1 Å². The first-order valence-electron chi connectivity index (χ1n) is 10.6. The van der Waals surface area contributed by atoms with Crippen LogP contribution in [0.25, 0.3) is 11.1 Å². The molecule has 7 nitrogen and oxygen atoms in total.